The van der Waals surface area contributed by atoms with Gasteiger partial charge in [0.1, 0.15) is 18.0 Å². The summed E-state index contributed by atoms with van der Waals surface area (Å²) in [6.45, 7) is 1.05. The Hall–Kier alpha value is -4.18. The van der Waals surface area contributed by atoms with Crippen LogP contribution < -0.4 is 4.74 Å². The molecule has 36 heavy (non-hydrogen) atoms. The Labute approximate surface area is 210 Å². The molecular formula is C29H27N3O4. The number of pyridine rings is 1. The first-order chi connectivity index (χ1) is 17.6. The summed E-state index contributed by atoms with van der Waals surface area (Å²) < 4.78 is 12.1. The van der Waals surface area contributed by atoms with E-state index in [0.29, 0.717) is 43.7 Å². The molecule has 0 N–H and O–H groups in total. The molecule has 2 aromatic carbocycles. The molecule has 0 radical (unpaired) electrons. The molecular weight excluding hydrogens is 454 g/mol. The summed E-state index contributed by atoms with van der Waals surface area (Å²) in [5.41, 5.74) is 2.57. The van der Waals surface area contributed by atoms with E-state index in [4.69, 9.17) is 9.47 Å². The van der Waals surface area contributed by atoms with Crippen molar-refractivity contribution in [1.82, 2.24) is 9.88 Å². The average Bonchev–Trinajstić information content (AvgIpc) is 2.93. The number of ether oxygens (including phenoxy) is 2. The highest BCUT2D eigenvalue weighted by molar-refractivity contribution is 6.02. The number of carbonyl (C=O) groups is 2. The molecule has 5 rings (SSSR count). The number of nitrogens with zero attached hydrogens (tertiary/aromatic N) is 3. The van der Waals surface area contributed by atoms with Gasteiger partial charge in [0.15, 0.2) is 5.78 Å². The zero-order valence-corrected chi connectivity index (χ0v) is 19.9. The number of nitriles is 1. The van der Waals surface area contributed by atoms with Gasteiger partial charge in [0.2, 0.25) is 0 Å². The molecule has 2 aliphatic heterocycles. The lowest BCUT2D eigenvalue weighted by Crippen LogP contribution is -2.57. The molecule has 7 nitrogen and oxygen atoms in total. The van der Waals surface area contributed by atoms with E-state index in [0.717, 1.165) is 16.7 Å². The minimum atomic E-state index is -0.759. The first-order valence-electron chi connectivity index (χ1n) is 12.2. The molecule has 0 saturated carbocycles. The molecule has 1 saturated heterocycles. The van der Waals surface area contributed by atoms with Crippen LogP contribution in [0.5, 0.6) is 5.75 Å². The number of likely N-dealkylation sites (tertiary alicyclic amines) is 1. The number of hydrogen-bond donors (Lipinski definition) is 0. The van der Waals surface area contributed by atoms with Crippen LogP contribution in [0.3, 0.4) is 0 Å². The van der Waals surface area contributed by atoms with E-state index in [1.165, 1.54) is 0 Å². The van der Waals surface area contributed by atoms with Crippen LogP contribution >= 0.6 is 0 Å². The Morgan fingerprint density at radius 1 is 1.11 bits per heavy atom. The Morgan fingerprint density at radius 3 is 2.64 bits per heavy atom. The van der Waals surface area contributed by atoms with Crippen LogP contribution in [0.4, 0.5) is 4.79 Å². The minimum Gasteiger partial charge on any atom is -0.486 e. The number of hydrogen-bond acceptors (Lipinski definition) is 6. The highest BCUT2D eigenvalue weighted by Gasteiger charge is 2.51. The van der Waals surface area contributed by atoms with Crippen molar-refractivity contribution in [3.63, 3.8) is 0 Å². The molecule has 2 aliphatic rings. The van der Waals surface area contributed by atoms with Crippen LogP contribution in [0.15, 0.2) is 73.1 Å². The number of carbonyl (C=O) groups excluding carboxylic acids is 2. The molecule has 182 valence electrons. The van der Waals surface area contributed by atoms with E-state index in [1.54, 1.807) is 17.3 Å². The maximum Gasteiger partial charge on any atom is 0.410 e. The zero-order chi connectivity index (χ0) is 25.0. The second-order valence-corrected chi connectivity index (χ2v) is 9.26. The average molecular weight is 482 g/mol. The fourth-order valence-corrected chi connectivity index (χ4v) is 5.17. The van der Waals surface area contributed by atoms with Crippen LogP contribution in [0.1, 0.15) is 41.6 Å². The van der Waals surface area contributed by atoms with Gasteiger partial charge in [0, 0.05) is 50.3 Å². The van der Waals surface area contributed by atoms with Gasteiger partial charge in [-0.15, -0.1) is 0 Å². The van der Waals surface area contributed by atoms with Gasteiger partial charge >= 0.3 is 6.09 Å². The van der Waals surface area contributed by atoms with Gasteiger partial charge < -0.3 is 14.4 Å². The highest BCUT2D eigenvalue weighted by atomic mass is 16.6. The van der Waals surface area contributed by atoms with Crippen LogP contribution in [0.25, 0.3) is 11.1 Å². The second kappa shape index (κ2) is 10.2. The smallest absolute Gasteiger partial charge is 0.410 e. The molecule has 3 aromatic rings. The summed E-state index contributed by atoms with van der Waals surface area (Å²) in [4.78, 5) is 32.2. The number of piperidine rings is 1. The summed E-state index contributed by atoms with van der Waals surface area (Å²) in [5.74, 6) is 0.121. The van der Waals surface area contributed by atoms with E-state index in [1.807, 2.05) is 60.7 Å². The summed E-state index contributed by atoms with van der Waals surface area (Å²) in [7, 11) is 0. The van der Waals surface area contributed by atoms with Crippen molar-refractivity contribution >= 4 is 11.9 Å². The lowest BCUT2D eigenvalue weighted by atomic mass is 9.71. The third-order valence-electron chi connectivity index (χ3n) is 7.12. The third-order valence-corrected chi connectivity index (χ3v) is 7.12. The molecule has 7 heteroatoms. The lowest BCUT2D eigenvalue weighted by Gasteiger charge is -2.48. The number of benzene rings is 2. The fraction of sp³-hybridized carbons (Fsp3) is 0.310. The Balaban J connectivity index is 1.35. The molecule has 0 bridgehead atoms. The first kappa shape index (κ1) is 23.6. The van der Waals surface area contributed by atoms with Crippen molar-refractivity contribution in [1.29, 1.82) is 5.26 Å². The van der Waals surface area contributed by atoms with Gasteiger partial charge in [-0.25, -0.2) is 4.79 Å². The van der Waals surface area contributed by atoms with E-state index < -0.39 is 11.5 Å². The number of aromatic nitrogens is 1. The summed E-state index contributed by atoms with van der Waals surface area (Å²) in [5, 5.41) is 9.22. The maximum atomic E-state index is 13.6. The van der Waals surface area contributed by atoms with Crippen LogP contribution in [0.2, 0.25) is 0 Å². The molecule has 1 unspecified atom stereocenters. The molecule has 0 aliphatic carbocycles. The van der Waals surface area contributed by atoms with Gasteiger partial charge in [-0.3, -0.25) is 9.78 Å². The first-order valence-corrected chi connectivity index (χ1v) is 12.2. The molecule has 1 atom stereocenters. The maximum absolute atomic E-state index is 13.6. The molecule has 1 spiro atoms. The normalized spacial score (nSPS) is 18.1. The summed E-state index contributed by atoms with van der Waals surface area (Å²) >= 11 is 0. The molecule has 1 amide bonds. The fourth-order valence-electron chi connectivity index (χ4n) is 5.17. The van der Waals surface area contributed by atoms with Gasteiger partial charge in [-0.1, -0.05) is 42.5 Å². The van der Waals surface area contributed by atoms with Gasteiger partial charge in [-0.05, 0) is 35.7 Å². The van der Waals surface area contributed by atoms with Crippen molar-refractivity contribution < 1.29 is 19.1 Å². The van der Waals surface area contributed by atoms with Gasteiger partial charge in [0.05, 0.1) is 17.6 Å². The Kier molecular flexibility index (Phi) is 6.68. The number of Topliss-reactive ketones (excluding diaryl/α,β-unsaturated/α-hetero) is 1. The molecule has 3 heterocycles. The predicted molar refractivity (Wildman–Crippen MR) is 133 cm³/mol. The topological polar surface area (TPSA) is 92.5 Å². The summed E-state index contributed by atoms with van der Waals surface area (Å²) in [6.07, 6.45) is 4.80. The van der Waals surface area contributed by atoms with Crippen LogP contribution in [-0.4, -0.2) is 40.5 Å². The van der Waals surface area contributed by atoms with Crippen LogP contribution in [-0.2, 0) is 11.3 Å². The van der Waals surface area contributed by atoms with Crippen molar-refractivity contribution in [2.75, 3.05) is 13.1 Å². The van der Waals surface area contributed by atoms with E-state index >= 15 is 0 Å². The second-order valence-electron chi connectivity index (χ2n) is 9.26. The van der Waals surface area contributed by atoms with Crippen molar-refractivity contribution in [2.24, 2.45) is 5.92 Å². The Bertz CT molecular complexity index is 1280. The van der Waals surface area contributed by atoms with E-state index in [9.17, 15) is 14.9 Å². The largest absolute Gasteiger partial charge is 0.486 e. The van der Waals surface area contributed by atoms with Crippen molar-refractivity contribution in [2.45, 2.75) is 37.9 Å². The zero-order valence-electron chi connectivity index (χ0n) is 19.9. The summed E-state index contributed by atoms with van der Waals surface area (Å²) in [6, 6.07) is 21.2. The number of ketones is 1. The standard InChI is InChI=1S/C29H27N3O4/c30-14-4-9-25-27(33)24-11-10-22(23-8-5-15-31-19-23)18-26(24)36-29(25)12-16-32(17-13-29)28(34)35-20-21-6-2-1-3-7-21/h1-3,5-8,10-11,15,18-19,25H,4,9,12-13,16-17,20H2. The van der Waals surface area contributed by atoms with Gasteiger partial charge in [-0.2, -0.15) is 5.26 Å². The minimum absolute atomic E-state index is 0.00402. The monoisotopic (exact) mass is 481 g/mol. The quantitative estimate of drug-likeness (QED) is 0.483. The van der Waals surface area contributed by atoms with Crippen LogP contribution in [0, 0.1) is 17.2 Å². The molecule has 1 aromatic heterocycles. The Morgan fingerprint density at radius 2 is 1.92 bits per heavy atom. The lowest BCUT2D eigenvalue weighted by molar-refractivity contribution is -0.0443. The number of rotatable bonds is 5. The SMILES string of the molecule is N#CCCC1C(=O)c2ccc(-c3cccnc3)cc2OC12CCN(C(=O)OCc1ccccc1)CC2. The van der Waals surface area contributed by atoms with E-state index in [2.05, 4.69) is 11.1 Å². The number of amides is 1. The van der Waals surface area contributed by atoms with Gasteiger partial charge in [0.25, 0.3) is 0 Å². The van der Waals surface area contributed by atoms with Crippen molar-refractivity contribution in [3.8, 4) is 22.9 Å². The highest BCUT2D eigenvalue weighted by Crippen LogP contribution is 2.45. The molecule has 1 fully saturated rings. The van der Waals surface area contributed by atoms with E-state index in [-0.39, 0.29) is 24.9 Å². The predicted octanol–water partition coefficient (Wildman–Crippen LogP) is 5.42. The number of fused-ring (bicyclic) bond motifs is 1. The van der Waals surface area contributed by atoms with Crippen molar-refractivity contribution in [3.05, 3.63) is 84.2 Å². The third kappa shape index (κ3) is 4.67.